The fourth-order valence-corrected chi connectivity index (χ4v) is 1.57. The Morgan fingerprint density at radius 1 is 1.31 bits per heavy atom. The summed E-state index contributed by atoms with van der Waals surface area (Å²) in [7, 11) is -4.29. The van der Waals surface area contributed by atoms with Crippen molar-refractivity contribution in [3.05, 3.63) is 29.8 Å². The van der Waals surface area contributed by atoms with E-state index >= 15 is 0 Å². The van der Waals surface area contributed by atoms with Crippen LogP contribution in [0.4, 0.5) is 4.39 Å². The third-order valence-electron chi connectivity index (χ3n) is 1.39. The van der Waals surface area contributed by atoms with Crippen molar-refractivity contribution in [2.45, 2.75) is 11.6 Å². The molecule has 0 amide bonds. The van der Waals surface area contributed by atoms with Crippen LogP contribution in [0.2, 0.25) is 0 Å². The maximum Gasteiger partial charge on any atom is 0.294 e. The van der Waals surface area contributed by atoms with Crippen LogP contribution in [0.1, 0.15) is 5.56 Å². The summed E-state index contributed by atoms with van der Waals surface area (Å²) in [6.45, 7) is -0.907. The van der Waals surface area contributed by atoms with E-state index in [1.165, 1.54) is 18.2 Å². The highest BCUT2D eigenvalue weighted by Gasteiger charge is 2.13. The van der Waals surface area contributed by atoms with Crippen LogP contribution in [0.5, 0.6) is 0 Å². The molecule has 1 N–H and O–H groups in total. The van der Waals surface area contributed by atoms with Gasteiger partial charge in [0.15, 0.2) is 0 Å². The molecule has 1 rings (SSSR count). The molecule has 1 aromatic carbocycles. The van der Waals surface area contributed by atoms with Crippen molar-refractivity contribution >= 4 is 22.5 Å². The first-order valence-corrected chi connectivity index (χ1v) is 4.61. The first kappa shape index (κ1) is 12.3. The molecule has 0 saturated carbocycles. The van der Waals surface area contributed by atoms with Crippen LogP contribution < -0.4 is 0 Å². The van der Waals surface area contributed by atoms with E-state index in [1.54, 1.807) is 0 Å². The zero-order chi connectivity index (χ0) is 9.19. The molecule has 13 heavy (non-hydrogen) atoms. The molecular weight excluding hydrogens is 219 g/mol. The van der Waals surface area contributed by atoms with Gasteiger partial charge in [-0.2, -0.15) is 8.42 Å². The van der Waals surface area contributed by atoms with Gasteiger partial charge in [-0.1, -0.05) is 18.2 Å². The monoisotopic (exact) mass is 226 g/mol. The average molecular weight is 227 g/mol. The molecule has 1 aromatic rings. The summed E-state index contributed by atoms with van der Waals surface area (Å²) in [5.41, 5.74) is -0.0278. The minimum absolute atomic E-state index is 0. The Labute approximate surface area is 81.7 Å². The molecule has 0 unspecified atom stereocenters. The zero-order valence-corrected chi connectivity index (χ0v) is 8.11. The Kier molecular flexibility index (Phi) is 4.32. The fraction of sp³-hybridized carbons (Fsp3) is 0.143. The molecule has 0 bridgehead atoms. The maximum atomic E-state index is 12.1. The Hall–Kier alpha value is -0.650. The van der Waals surface area contributed by atoms with E-state index < -0.39 is 16.8 Å². The Bertz CT molecular complexity index is 377. The van der Waals surface area contributed by atoms with Gasteiger partial charge >= 0.3 is 0 Å². The lowest BCUT2D eigenvalue weighted by Gasteiger charge is -2.00. The first-order valence-electron chi connectivity index (χ1n) is 3.17. The molecule has 6 heteroatoms. The van der Waals surface area contributed by atoms with Crippen molar-refractivity contribution < 1.29 is 17.4 Å². The van der Waals surface area contributed by atoms with Crippen molar-refractivity contribution in [3.8, 4) is 0 Å². The summed E-state index contributed by atoms with van der Waals surface area (Å²) >= 11 is 0. The lowest BCUT2D eigenvalue weighted by atomic mass is 10.2. The second kappa shape index (κ2) is 4.55. The predicted molar refractivity (Wildman–Crippen MR) is 48.3 cm³/mol. The average Bonchev–Trinajstić information content (AvgIpc) is 2.03. The number of alkyl halides is 1. The lowest BCUT2D eigenvalue weighted by molar-refractivity contribution is 0.462. The quantitative estimate of drug-likeness (QED) is 0.783. The van der Waals surface area contributed by atoms with E-state index in [0.717, 1.165) is 6.07 Å². The van der Waals surface area contributed by atoms with Crippen LogP contribution in [-0.2, 0) is 16.8 Å². The van der Waals surface area contributed by atoms with Crippen molar-refractivity contribution in [2.75, 3.05) is 0 Å². The Morgan fingerprint density at radius 2 is 1.85 bits per heavy atom. The molecule has 0 saturated heterocycles. The van der Waals surface area contributed by atoms with Gasteiger partial charge in [0.05, 0.1) is 4.90 Å². The van der Waals surface area contributed by atoms with Gasteiger partial charge in [-0.25, -0.2) is 4.39 Å². The standard InChI is InChI=1S/C7H7FO3S.ClH/c8-5-6-3-1-2-4-7(6)12(9,10)11;/h1-4H,5H2,(H,9,10,11);1H. The van der Waals surface area contributed by atoms with E-state index in [1.807, 2.05) is 0 Å². The first-order chi connectivity index (χ1) is 5.55. The van der Waals surface area contributed by atoms with Crippen molar-refractivity contribution in [3.63, 3.8) is 0 Å². The van der Waals surface area contributed by atoms with Gasteiger partial charge < -0.3 is 0 Å². The number of halogens is 2. The van der Waals surface area contributed by atoms with Crippen LogP contribution in [0, 0.1) is 0 Å². The molecule has 0 spiro atoms. The molecule has 74 valence electrons. The second-order valence-electron chi connectivity index (χ2n) is 2.22. The maximum absolute atomic E-state index is 12.1. The molecule has 3 nitrogen and oxygen atoms in total. The van der Waals surface area contributed by atoms with Gasteiger partial charge in [-0.3, -0.25) is 4.55 Å². The summed E-state index contributed by atoms with van der Waals surface area (Å²) in [5.74, 6) is 0. The molecule has 0 fully saturated rings. The highest BCUT2D eigenvalue weighted by atomic mass is 35.5. The molecule has 0 radical (unpaired) electrons. The smallest absolute Gasteiger partial charge is 0.282 e. The molecule has 0 aliphatic rings. The molecule has 0 heterocycles. The van der Waals surface area contributed by atoms with E-state index in [0.29, 0.717) is 0 Å². The SMILES string of the molecule is Cl.O=S(=O)(O)c1ccccc1CF. The highest BCUT2D eigenvalue weighted by Crippen LogP contribution is 2.15. The van der Waals surface area contributed by atoms with Crippen LogP contribution in [-0.4, -0.2) is 13.0 Å². The topological polar surface area (TPSA) is 54.4 Å². The third-order valence-corrected chi connectivity index (χ3v) is 2.35. The van der Waals surface area contributed by atoms with Gasteiger partial charge in [-0.15, -0.1) is 12.4 Å². The van der Waals surface area contributed by atoms with Gasteiger partial charge in [0.25, 0.3) is 10.1 Å². The Morgan fingerprint density at radius 3 is 2.23 bits per heavy atom. The second-order valence-corrected chi connectivity index (χ2v) is 3.61. The zero-order valence-electron chi connectivity index (χ0n) is 6.47. The lowest BCUT2D eigenvalue weighted by Crippen LogP contribution is -2.01. The third kappa shape index (κ3) is 2.95. The van der Waals surface area contributed by atoms with E-state index in [9.17, 15) is 12.8 Å². The van der Waals surface area contributed by atoms with Crippen molar-refractivity contribution in [1.29, 1.82) is 0 Å². The van der Waals surface area contributed by atoms with Gasteiger partial charge in [0, 0.05) is 5.56 Å². The summed E-state index contributed by atoms with van der Waals surface area (Å²) in [4.78, 5) is -0.368. The van der Waals surface area contributed by atoms with Crippen LogP contribution in [0.15, 0.2) is 29.2 Å². The fourth-order valence-electron chi connectivity index (χ4n) is 0.866. The van der Waals surface area contributed by atoms with E-state index in [-0.39, 0.29) is 22.9 Å². The Balaban J connectivity index is 0.00000144. The van der Waals surface area contributed by atoms with Crippen LogP contribution >= 0.6 is 12.4 Å². The number of rotatable bonds is 2. The van der Waals surface area contributed by atoms with Crippen LogP contribution in [0.3, 0.4) is 0 Å². The molecular formula is C7H8ClFO3S. The normalized spacial score (nSPS) is 10.6. The van der Waals surface area contributed by atoms with Crippen molar-refractivity contribution in [1.82, 2.24) is 0 Å². The van der Waals surface area contributed by atoms with Gasteiger partial charge in [0.2, 0.25) is 0 Å². The van der Waals surface area contributed by atoms with Gasteiger partial charge in [0.1, 0.15) is 6.67 Å². The summed E-state index contributed by atoms with van der Waals surface area (Å²) in [5, 5.41) is 0. The number of benzene rings is 1. The van der Waals surface area contributed by atoms with E-state index in [4.69, 9.17) is 4.55 Å². The number of hydrogen-bond acceptors (Lipinski definition) is 2. The summed E-state index contributed by atoms with van der Waals surface area (Å²) < 4.78 is 42.0. The number of hydrogen-bond donors (Lipinski definition) is 1. The highest BCUT2D eigenvalue weighted by molar-refractivity contribution is 7.85. The summed E-state index contributed by atoms with van der Waals surface area (Å²) in [6.07, 6.45) is 0. The van der Waals surface area contributed by atoms with Crippen molar-refractivity contribution in [2.24, 2.45) is 0 Å². The van der Waals surface area contributed by atoms with E-state index in [2.05, 4.69) is 0 Å². The predicted octanol–water partition coefficient (Wildman–Crippen LogP) is 1.82. The minimum Gasteiger partial charge on any atom is -0.282 e. The van der Waals surface area contributed by atoms with Gasteiger partial charge in [-0.05, 0) is 6.07 Å². The molecule has 0 aliphatic carbocycles. The molecule has 0 aromatic heterocycles. The molecule has 0 aliphatic heterocycles. The van der Waals surface area contributed by atoms with Crippen LogP contribution in [0.25, 0.3) is 0 Å². The largest absolute Gasteiger partial charge is 0.294 e. The molecule has 0 atom stereocenters. The minimum atomic E-state index is -4.29. The summed E-state index contributed by atoms with van der Waals surface area (Å²) in [6, 6.07) is 5.39.